The van der Waals surface area contributed by atoms with Gasteiger partial charge in [0.05, 0.1) is 0 Å². The molecule has 0 spiro atoms. The number of benzene rings is 1. The zero-order valence-electron chi connectivity index (χ0n) is 20.5. The largest absolute Gasteiger partial charge is 0.438 e. The van der Waals surface area contributed by atoms with Crippen LogP contribution in [0.25, 0.3) is 11.7 Å². The third kappa shape index (κ3) is 6.55. The molecule has 0 atom stereocenters. The highest BCUT2D eigenvalue weighted by atomic mass is 16.5. The van der Waals surface area contributed by atoms with E-state index in [1.807, 2.05) is 25.1 Å². The zero-order chi connectivity index (χ0) is 25.4. The number of carbonyl (C=O) groups is 1. The second kappa shape index (κ2) is 11.4. The molecule has 1 N–H and O–H groups in total. The van der Waals surface area contributed by atoms with Gasteiger partial charge >= 0.3 is 0 Å². The molecule has 0 aliphatic rings. The maximum Gasteiger partial charge on any atom is 0.269 e. The van der Waals surface area contributed by atoms with Crippen molar-refractivity contribution in [1.82, 2.24) is 14.7 Å². The van der Waals surface area contributed by atoms with E-state index in [2.05, 4.69) is 31.1 Å². The first-order valence-electron chi connectivity index (χ1n) is 11.5. The lowest BCUT2D eigenvalue weighted by atomic mass is 9.87. The van der Waals surface area contributed by atoms with Crippen molar-refractivity contribution in [3.63, 3.8) is 0 Å². The molecule has 1 amide bonds. The minimum Gasteiger partial charge on any atom is -0.438 e. The lowest BCUT2D eigenvalue weighted by molar-refractivity contribution is -0.117. The smallest absolute Gasteiger partial charge is 0.269 e. The molecule has 0 unspecified atom stereocenters. The van der Waals surface area contributed by atoms with Crippen LogP contribution in [0.4, 0.5) is 0 Å². The first-order chi connectivity index (χ1) is 16.7. The number of ether oxygens (including phenoxy) is 2. The van der Waals surface area contributed by atoms with Crippen LogP contribution in [-0.2, 0) is 14.9 Å². The highest BCUT2D eigenvalue weighted by Crippen LogP contribution is 2.28. The van der Waals surface area contributed by atoms with Gasteiger partial charge in [-0.1, -0.05) is 39.0 Å². The van der Waals surface area contributed by atoms with E-state index >= 15 is 0 Å². The first-order valence-corrected chi connectivity index (χ1v) is 11.5. The van der Waals surface area contributed by atoms with Crippen LogP contribution in [0.3, 0.4) is 0 Å². The van der Waals surface area contributed by atoms with Crippen LogP contribution in [0, 0.1) is 11.3 Å². The Balaban J connectivity index is 1.98. The summed E-state index contributed by atoms with van der Waals surface area (Å²) in [6.45, 7) is 9.68. The molecule has 2 heterocycles. The van der Waals surface area contributed by atoms with E-state index < -0.39 is 11.5 Å². The fourth-order valence-electron chi connectivity index (χ4n) is 3.33. The van der Waals surface area contributed by atoms with Gasteiger partial charge in [-0.3, -0.25) is 14.0 Å². The van der Waals surface area contributed by atoms with Crippen molar-refractivity contribution < 1.29 is 14.3 Å². The fourth-order valence-corrected chi connectivity index (χ4v) is 3.33. The van der Waals surface area contributed by atoms with Crippen LogP contribution in [-0.4, -0.2) is 35.1 Å². The summed E-state index contributed by atoms with van der Waals surface area (Å²) in [6, 6.07) is 14.5. The average molecular weight is 475 g/mol. The molecule has 3 rings (SSSR count). The predicted molar refractivity (Wildman–Crippen MR) is 134 cm³/mol. The third-order valence-corrected chi connectivity index (χ3v) is 5.28. The maximum absolute atomic E-state index is 13.3. The molecule has 0 fully saturated rings. The number of amides is 1. The summed E-state index contributed by atoms with van der Waals surface area (Å²) in [6.07, 6.45) is 3.41. The highest BCUT2D eigenvalue weighted by molar-refractivity contribution is 6.01. The molecule has 0 saturated heterocycles. The molecule has 35 heavy (non-hydrogen) atoms. The second-order valence-corrected chi connectivity index (χ2v) is 8.92. The summed E-state index contributed by atoms with van der Waals surface area (Å²) in [5, 5.41) is 12.3. The first kappa shape index (κ1) is 25.7. The summed E-state index contributed by atoms with van der Waals surface area (Å²) in [7, 11) is 0. The van der Waals surface area contributed by atoms with Crippen LogP contribution in [0.15, 0.2) is 59.0 Å². The molecule has 2 aromatic heterocycles. The van der Waals surface area contributed by atoms with Crippen LogP contribution in [0.1, 0.15) is 45.2 Å². The number of nitriles is 1. The van der Waals surface area contributed by atoms with Crippen molar-refractivity contribution in [2.75, 3.05) is 19.8 Å². The third-order valence-electron chi connectivity index (χ3n) is 5.28. The van der Waals surface area contributed by atoms with Gasteiger partial charge in [0.15, 0.2) is 0 Å². The van der Waals surface area contributed by atoms with Crippen LogP contribution < -0.4 is 15.6 Å². The Morgan fingerprint density at radius 1 is 1.20 bits per heavy atom. The molecule has 0 radical (unpaired) electrons. The van der Waals surface area contributed by atoms with Crippen molar-refractivity contribution in [3.05, 3.63) is 75.7 Å². The van der Waals surface area contributed by atoms with Crippen molar-refractivity contribution in [2.45, 2.75) is 39.5 Å². The van der Waals surface area contributed by atoms with Gasteiger partial charge in [0.2, 0.25) is 5.88 Å². The van der Waals surface area contributed by atoms with Crippen LogP contribution in [0.2, 0.25) is 0 Å². The van der Waals surface area contributed by atoms with Gasteiger partial charge in [-0.15, -0.1) is 0 Å². The van der Waals surface area contributed by atoms with Crippen LogP contribution in [0.5, 0.6) is 11.6 Å². The molecule has 8 heteroatoms. The molecule has 0 aliphatic heterocycles. The number of aromatic nitrogens is 2. The van der Waals surface area contributed by atoms with E-state index in [0.29, 0.717) is 37.6 Å². The minimum atomic E-state index is -0.581. The van der Waals surface area contributed by atoms with Gasteiger partial charge < -0.3 is 14.8 Å². The number of pyridine rings is 1. The highest BCUT2D eigenvalue weighted by Gasteiger charge is 2.18. The summed E-state index contributed by atoms with van der Waals surface area (Å²) >= 11 is 0. The Morgan fingerprint density at radius 2 is 1.94 bits per heavy atom. The van der Waals surface area contributed by atoms with Crippen molar-refractivity contribution >= 4 is 17.6 Å². The Bertz CT molecular complexity index is 1310. The maximum atomic E-state index is 13.3. The van der Waals surface area contributed by atoms with Crippen LogP contribution >= 0.6 is 0 Å². The zero-order valence-corrected chi connectivity index (χ0v) is 20.5. The molecule has 8 nitrogen and oxygen atoms in total. The van der Waals surface area contributed by atoms with Gasteiger partial charge in [0, 0.05) is 26.0 Å². The van der Waals surface area contributed by atoms with Crippen molar-refractivity contribution in [3.8, 4) is 17.7 Å². The van der Waals surface area contributed by atoms with E-state index in [9.17, 15) is 14.9 Å². The average Bonchev–Trinajstić information content (AvgIpc) is 2.83. The van der Waals surface area contributed by atoms with E-state index in [1.54, 1.807) is 36.5 Å². The summed E-state index contributed by atoms with van der Waals surface area (Å²) in [4.78, 5) is 30.3. The number of rotatable bonds is 9. The number of carbonyl (C=O) groups excluding carboxylic acids is 1. The van der Waals surface area contributed by atoms with Gasteiger partial charge in [0.1, 0.15) is 28.6 Å². The van der Waals surface area contributed by atoms with Crippen molar-refractivity contribution in [2.24, 2.45) is 0 Å². The number of nitrogens with zero attached hydrogens (tertiary/aromatic N) is 3. The summed E-state index contributed by atoms with van der Waals surface area (Å²) < 4.78 is 12.6. The SMILES string of the molecule is CCOCCCNC(=O)/C(C#N)=C/c1c(Oc2ccc(C(C)(C)C)cc2)nc2ccccn2c1=O. The summed E-state index contributed by atoms with van der Waals surface area (Å²) in [5.74, 6) is -0.0812. The molecule has 0 bridgehead atoms. The molecular formula is C27H30N4O4. The quantitative estimate of drug-likeness (QED) is 0.283. The monoisotopic (exact) mass is 474 g/mol. The topological polar surface area (TPSA) is 106 Å². The second-order valence-electron chi connectivity index (χ2n) is 8.92. The summed E-state index contributed by atoms with van der Waals surface area (Å²) in [5.41, 5.74) is 0.830. The van der Waals surface area contributed by atoms with Gasteiger partial charge in [-0.25, -0.2) is 0 Å². The number of hydrogen-bond acceptors (Lipinski definition) is 6. The normalized spacial score (nSPS) is 11.8. The Kier molecular flexibility index (Phi) is 8.39. The Morgan fingerprint density at radius 3 is 2.60 bits per heavy atom. The molecular weight excluding hydrogens is 444 g/mol. The molecule has 0 aliphatic carbocycles. The lowest BCUT2D eigenvalue weighted by Crippen LogP contribution is -2.27. The van der Waals surface area contributed by atoms with E-state index in [1.165, 1.54) is 10.5 Å². The molecule has 0 saturated carbocycles. The number of hydrogen-bond donors (Lipinski definition) is 1. The van der Waals surface area contributed by atoms with E-state index in [0.717, 1.165) is 5.56 Å². The van der Waals surface area contributed by atoms with E-state index in [4.69, 9.17) is 9.47 Å². The molecule has 182 valence electrons. The minimum absolute atomic E-state index is 0.00890. The number of fused-ring (bicyclic) bond motifs is 1. The Hall–Kier alpha value is -3.96. The molecule has 1 aromatic carbocycles. The number of nitrogens with one attached hydrogen (secondary N) is 1. The van der Waals surface area contributed by atoms with E-state index in [-0.39, 0.29) is 22.4 Å². The lowest BCUT2D eigenvalue weighted by Gasteiger charge is -2.19. The van der Waals surface area contributed by atoms with Gasteiger partial charge in [-0.05, 0) is 54.7 Å². The molecule has 3 aromatic rings. The fraction of sp³-hybridized carbons (Fsp3) is 0.333. The standard InChI is InChI=1S/C27H30N4O4/c1-5-34-16-8-14-29-24(32)19(18-28)17-22-25(30-23-9-6-7-15-31(23)26(22)33)35-21-12-10-20(11-13-21)27(2,3)4/h6-7,9-13,15,17H,5,8,14,16H2,1-4H3,(H,29,32)/b19-17+. The predicted octanol–water partition coefficient (Wildman–Crippen LogP) is 4.23. The van der Waals surface area contributed by atoms with Gasteiger partial charge in [-0.2, -0.15) is 10.2 Å². The van der Waals surface area contributed by atoms with Crippen molar-refractivity contribution in [1.29, 1.82) is 5.26 Å². The Labute approximate surface area is 204 Å². The van der Waals surface area contributed by atoms with Gasteiger partial charge in [0.25, 0.3) is 11.5 Å².